The predicted octanol–water partition coefficient (Wildman–Crippen LogP) is 5.44. The van der Waals surface area contributed by atoms with E-state index >= 15 is 0 Å². The number of ketones is 1. The van der Waals surface area contributed by atoms with Crippen molar-refractivity contribution in [1.29, 1.82) is 0 Å². The van der Waals surface area contributed by atoms with Crippen molar-refractivity contribution in [2.24, 2.45) is 52.8 Å². The number of rotatable bonds is 2. The summed E-state index contributed by atoms with van der Waals surface area (Å²) in [6.07, 6.45) is 15.0. The van der Waals surface area contributed by atoms with Crippen LogP contribution >= 0.6 is 0 Å². The van der Waals surface area contributed by atoms with Crippen molar-refractivity contribution < 1.29 is 4.79 Å². The molecule has 0 aromatic rings. The minimum atomic E-state index is 0.245. The second-order valence-electron chi connectivity index (χ2n) is 10.9. The lowest BCUT2D eigenvalue weighted by Crippen LogP contribution is -2.49. The van der Waals surface area contributed by atoms with E-state index in [2.05, 4.69) is 18.8 Å². The van der Waals surface area contributed by atoms with Gasteiger partial charge in [0.25, 0.3) is 0 Å². The summed E-state index contributed by atoms with van der Waals surface area (Å²) in [6, 6.07) is 0. The van der Waals surface area contributed by atoms with Crippen LogP contribution in [0.15, 0.2) is 0 Å². The second-order valence-corrected chi connectivity index (χ2v) is 10.9. The van der Waals surface area contributed by atoms with E-state index < -0.39 is 0 Å². The van der Waals surface area contributed by atoms with Gasteiger partial charge in [-0.25, -0.2) is 0 Å². The van der Waals surface area contributed by atoms with E-state index in [4.69, 9.17) is 7.85 Å². The molecule has 5 saturated carbocycles. The normalized spacial score (nSPS) is 48.6. The van der Waals surface area contributed by atoms with Crippen LogP contribution in [0.5, 0.6) is 0 Å². The summed E-state index contributed by atoms with van der Waals surface area (Å²) in [4.78, 5) is 12.5. The maximum Gasteiger partial charge on any atom is 0.128 e. The molecular weight excluding hydrogens is 327 g/mol. The Balaban J connectivity index is 1.29. The van der Waals surface area contributed by atoms with E-state index in [0.717, 1.165) is 41.9 Å². The van der Waals surface area contributed by atoms with Crippen LogP contribution in [0, 0.1) is 64.6 Å². The monoisotopic (exact) mass is 362 g/mol. The Morgan fingerprint density at radius 2 is 1.63 bits per heavy atom. The van der Waals surface area contributed by atoms with E-state index in [1.807, 2.05) is 0 Å². The molecule has 0 aromatic carbocycles. The van der Waals surface area contributed by atoms with E-state index in [9.17, 15) is 4.79 Å². The Kier molecular flexibility index (Phi) is 4.73. The highest BCUT2D eigenvalue weighted by molar-refractivity contribution is 6.20. The van der Waals surface area contributed by atoms with Gasteiger partial charge < -0.3 is 4.79 Å². The third kappa shape index (κ3) is 3.12. The molecule has 2 radical (unpaired) electrons. The van der Waals surface area contributed by atoms with Crippen LogP contribution in [0.1, 0.15) is 77.6 Å². The Morgan fingerprint density at radius 3 is 2.41 bits per heavy atom. The molecule has 5 aliphatic rings. The molecule has 2 heteroatoms. The number of hydrogen-bond acceptors (Lipinski definition) is 1. The first-order chi connectivity index (χ1) is 13.1. The van der Waals surface area contributed by atoms with E-state index in [1.165, 1.54) is 64.2 Å². The lowest BCUT2D eigenvalue weighted by molar-refractivity contribution is -0.128. The fraction of sp³-hybridized carbons (Fsp3) is 0.880. The van der Waals surface area contributed by atoms with Crippen molar-refractivity contribution in [3.8, 4) is 11.8 Å². The summed E-state index contributed by atoms with van der Waals surface area (Å²) in [6.45, 7) is 2.44. The summed E-state index contributed by atoms with van der Waals surface area (Å²) in [5.41, 5.74) is 0.247. The number of carbonyl (C=O) groups is 1. The zero-order valence-electron chi connectivity index (χ0n) is 17.1. The Labute approximate surface area is 167 Å². The van der Waals surface area contributed by atoms with E-state index in [0.29, 0.717) is 11.7 Å². The van der Waals surface area contributed by atoms with Crippen LogP contribution in [0.2, 0.25) is 6.32 Å². The van der Waals surface area contributed by atoms with Gasteiger partial charge in [0.1, 0.15) is 5.78 Å². The molecule has 0 spiro atoms. The molecular formula is C25H35BO. The van der Waals surface area contributed by atoms with Gasteiger partial charge in [-0.3, -0.25) is 0 Å². The van der Waals surface area contributed by atoms with Crippen molar-refractivity contribution in [3.63, 3.8) is 0 Å². The van der Waals surface area contributed by atoms with Crippen LogP contribution in [0.4, 0.5) is 0 Å². The highest BCUT2D eigenvalue weighted by Crippen LogP contribution is 2.64. The minimum Gasteiger partial charge on any atom is -0.300 e. The van der Waals surface area contributed by atoms with Crippen molar-refractivity contribution in [2.45, 2.75) is 83.9 Å². The molecule has 8 unspecified atom stereocenters. The molecule has 0 heterocycles. The third-order valence-electron chi connectivity index (χ3n) is 9.61. The molecule has 0 aliphatic heterocycles. The Bertz CT molecular complexity index is 655. The first kappa shape index (κ1) is 18.3. The van der Waals surface area contributed by atoms with Crippen molar-refractivity contribution >= 4 is 13.6 Å². The molecule has 8 atom stereocenters. The van der Waals surface area contributed by atoms with Crippen LogP contribution in [-0.4, -0.2) is 13.6 Å². The maximum atomic E-state index is 12.5. The van der Waals surface area contributed by atoms with Crippen LogP contribution in [-0.2, 0) is 4.79 Å². The van der Waals surface area contributed by atoms with Gasteiger partial charge in [0.15, 0.2) is 0 Å². The van der Waals surface area contributed by atoms with Gasteiger partial charge in [-0.1, -0.05) is 18.8 Å². The highest BCUT2D eigenvalue weighted by Gasteiger charge is 2.57. The summed E-state index contributed by atoms with van der Waals surface area (Å²) in [5, 5.41) is 0. The molecule has 0 aromatic heterocycles. The fourth-order valence-corrected chi connectivity index (χ4v) is 8.12. The molecule has 0 amide bonds. The van der Waals surface area contributed by atoms with Gasteiger partial charge in [0, 0.05) is 17.8 Å². The molecule has 0 saturated heterocycles. The topological polar surface area (TPSA) is 17.1 Å². The standard InChI is InChI=1S/C25H35BO/c1-25-13-12-20-19-8-6-17(5-4-16-2-3-16)14-18(19)7-9-21(20)22(25)10-11-23(25)24(27)15-26/h16-23H,2-3,6-15H2,1H3. The maximum absolute atomic E-state index is 12.5. The average molecular weight is 362 g/mol. The molecule has 5 rings (SSSR count). The zero-order valence-corrected chi connectivity index (χ0v) is 17.1. The molecule has 5 aliphatic carbocycles. The third-order valence-corrected chi connectivity index (χ3v) is 9.61. The van der Waals surface area contributed by atoms with Gasteiger partial charge >= 0.3 is 0 Å². The summed E-state index contributed by atoms with van der Waals surface area (Å²) < 4.78 is 0. The highest BCUT2D eigenvalue weighted by atomic mass is 16.1. The van der Waals surface area contributed by atoms with Gasteiger partial charge in [-0.2, -0.15) is 0 Å². The van der Waals surface area contributed by atoms with Gasteiger partial charge in [-0.05, 0) is 112 Å². The van der Waals surface area contributed by atoms with Crippen molar-refractivity contribution in [2.75, 3.05) is 0 Å². The predicted molar refractivity (Wildman–Crippen MR) is 110 cm³/mol. The van der Waals surface area contributed by atoms with Gasteiger partial charge in [0.05, 0.1) is 7.85 Å². The molecule has 5 fully saturated rings. The molecule has 1 nitrogen and oxygen atoms in total. The Hall–Kier alpha value is -0.705. The van der Waals surface area contributed by atoms with Crippen molar-refractivity contribution in [1.82, 2.24) is 0 Å². The minimum absolute atomic E-state index is 0.245. The van der Waals surface area contributed by atoms with Crippen molar-refractivity contribution in [3.05, 3.63) is 0 Å². The van der Waals surface area contributed by atoms with E-state index in [1.54, 1.807) is 0 Å². The second kappa shape index (κ2) is 6.97. The zero-order chi connectivity index (χ0) is 18.6. The first-order valence-corrected chi connectivity index (χ1v) is 11.8. The summed E-state index contributed by atoms with van der Waals surface area (Å²) in [7, 11) is 5.75. The number of hydrogen-bond donors (Lipinski definition) is 0. The quantitative estimate of drug-likeness (QED) is 0.472. The molecule has 144 valence electrons. The van der Waals surface area contributed by atoms with Gasteiger partial charge in [-0.15, -0.1) is 0 Å². The molecule has 0 bridgehead atoms. The average Bonchev–Trinajstić information content (AvgIpc) is 3.45. The number of Topliss-reactive ketones (excluding diaryl/α,β-unsaturated/α-hetero) is 1. The van der Waals surface area contributed by atoms with Crippen LogP contribution < -0.4 is 0 Å². The lowest BCUT2D eigenvalue weighted by Gasteiger charge is -2.56. The lowest BCUT2D eigenvalue weighted by atomic mass is 9.49. The van der Waals surface area contributed by atoms with E-state index in [-0.39, 0.29) is 17.7 Å². The molecule has 27 heavy (non-hydrogen) atoms. The smallest absolute Gasteiger partial charge is 0.128 e. The Morgan fingerprint density at radius 1 is 0.889 bits per heavy atom. The fourth-order valence-electron chi connectivity index (χ4n) is 8.12. The summed E-state index contributed by atoms with van der Waals surface area (Å²) >= 11 is 0. The van der Waals surface area contributed by atoms with Crippen LogP contribution in [0.3, 0.4) is 0 Å². The summed E-state index contributed by atoms with van der Waals surface area (Å²) in [5.74, 6) is 13.7. The van der Waals surface area contributed by atoms with Gasteiger partial charge in [0.2, 0.25) is 0 Å². The first-order valence-electron chi connectivity index (χ1n) is 11.8. The van der Waals surface area contributed by atoms with Crippen LogP contribution in [0.25, 0.3) is 0 Å². The largest absolute Gasteiger partial charge is 0.300 e. The molecule has 0 N–H and O–H groups in total. The number of carbonyl (C=O) groups excluding carboxylic acids is 1. The SMILES string of the molecule is [B]CC(=O)C1CCC2C3CCC4CC(C#CC5CC5)CCC4C3CCC12C. The number of fused-ring (bicyclic) bond motifs is 5.